The van der Waals surface area contributed by atoms with Crippen LogP contribution in [-0.2, 0) is 0 Å². The fourth-order valence-corrected chi connectivity index (χ4v) is 2.10. The van der Waals surface area contributed by atoms with Crippen LogP contribution < -0.4 is 10.5 Å². The lowest BCUT2D eigenvalue weighted by molar-refractivity contribution is 0.304. The van der Waals surface area contributed by atoms with Crippen molar-refractivity contribution in [2.45, 2.75) is 19.3 Å². The molecule has 6 heteroatoms. The van der Waals surface area contributed by atoms with Gasteiger partial charge in [-0.2, -0.15) is 0 Å². The lowest BCUT2D eigenvalue weighted by Crippen LogP contribution is -2.08. The highest BCUT2D eigenvalue weighted by molar-refractivity contribution is 9.10. The Balaban J connectivity index is 2.41. The third-order valence-corrected chi connectivity index (χ3v) is 3.16. The molecule has 0 radical (unpaired) electrons. The van der Waals surface area contributed by atoms with Crippen molar-refractivity contribution in [2.24, 2.45) is 5.73 Å². The Morgan fingerprint density at radius 3 is 2.82 bits per heavy atom. The number of ether oxygens (including phenoxy) is 1. The smallest absolute Gasteiger partial charge is 0.145 e. The molecule has 0 aliphatic carbocycles. The monoisotopic (exact) mass is 339 g/mol. The van der Waals surface area contributed by atoms with Gasteiger partial charge in [0.2, 0.25) is 0 Å². The molecule has 0 amide bonds. The van der Waals surface area contributed by atoms with E-state index in [2.05, 4.69) is 15.9 Å². The van der Waals surface area contributed by atoms with Crippen LogP contribution in [0.15, 0.2) is 16.6 Å². The van der Waals surface area contributed by atoms with Crippen molar-refractivity contribution in [1.29, 1.82) is 0 Å². The van der Waals surface area contributed by atoms with Gasteiger partial charge in [0.25, 0.3) is 0 Å². The second-order valence-corrected chi connectivity index (χ2v) is 5.25. The Labute approximate surface area is 118 Å². The highest BCUT2D eigenvalue weighted by atomic mass is 79.9. The molecule has 0 heterocycles. The van der Waals surface area contributed by atoms with E-state index in [1.807, 2.05) is 0 Å². The molecule has 0 spiro atoms. The van der Waals surface area contributed by atoms with Gasteiger partial charge >= 0.3 is 0 Å². The van der Waals surface area contributed by atoms with Gasteiger partial charge < -0.3 is 10.5 Å². The van der Waals surface area contributed by atoms with Crippen molar-refractivity contribution in [3.05, 3.63) is 27.4 Å². The van der Waals surface area contributed by atoms with E-state index in [9.17, 15) is 4.39 Å². The molecule has 0 aliphatic rings. The van der Waals surface area contributed by atoms with Crippen molar-refractivity contribution >= 4 is 44.7 Å². The number of benzene rings is 1. The predicted octanol–water partition coefficient (Wildman–Crippen LogP) is 4.08. The number of thiocarbonyl (C=S) groups is 1. The Morgan fingerprint density at radius 2 is 2.18 bits per heavy atom. The van der Waals surface area contributed by atoms with Gasteiger partial charge in [0, 0.05) is 6.07 Å². The van der Waals surface area contributed by atoms with Gasteiger partial charge in [-0.15, -0.1) is 0 Å². The van der Waals surface area contributed by atoms with E-state index in [1.54, 1.807) is 0 Å². The number of halogens is 3. The zero-order chi connectivity index (χ0) is 12.8. The van der Waals surface area contributed by atoms with Crippen LogP contribution in [0.5, 0.6) is 5.75 Å². The standard InChI is InChI=1S/C11H12BrClFNOS/c12-7-5-8(13)9(14)6-10(7)16-4-2-1-3-11(15)17/h5-6H,1-4H2,(H2,15,17). The van der Waals surface area contributed by atoms with Crippen molar-refractivity contribution in [3.8, 4) is 5.75 Å². The van der Waals surface area contributed by atoms with Gasteiger partial charge in [-0.05, 0) is 41.3 Å². The molecule has 94 valence electrons. The SMILES string of the molecule is NC(=S)CCCCOc1cc(F)c(Cl)cc1Br. The maximum absolute atomic E-state index is 13.2. The average molecular weight is 341 g/mol. The van der Waals surface area contributed by atoms with Crippen LogP contribution in [0.4, 0.5) is 4.39 Å². The Hall–Kier alpha value is -0.390. The topological polar surface area (TPSA) is 35.2 Å². The fourth-order valence-electron chi connectivity index (χ4n) is 1.20. The van der Waals surface area contributed by atoms with E-state index in [4.69, 9.17) is 34.3 Å². The fraction of sp³-hybridized carbons (Fsp3) is 0.364. The van der Waals surface area contributed by atoms with Crippen LogP contribution in [0.1, 0.15) is 19.3 Å². The maximum atomic E-state index is 13.2. The Morgan fingerprint density at radius 1 is 1.47 bits per heavy atom. The van der Waals surface area contributed by atoms with Gasteiger partial charge in [-0.1, -0.05) is 23.8 Å². The van der Waals surface area contributed by atoms with Crippen LogP contribution in [0, 0.1) is 5.82 Å². The first-order chi connectivity index (χ1) is 8.00. The van der Waals surface area contributed by atoms with Crippen molar-refractivity contribution in [2.75, 3.05) is 6.61 Å². The van der Waals surface area contributed by atoms with E-state index in [-0.39, 0.29) is 5.02 Å². The van der Waals surface area contributed by atoms with Crippen LogP contribution in [-0.4, -0.2) is 11.6 Å². The number of hydrogen-bond acceptors (Lipinski definition) is 2. The van der Waals surface area contributed by atoms with E-state index >= 15 is 0 Å². The Kier molecular flexibility index (Phi) is 6.16. The van der Waals surface area contributed by atoms with Gasteiger partial charge in [0.1, 0.15) is 11.6 Å². The second-order valence-electron chi connectivity index (χ2n) is 3.47. The van der Waals surface area contributed by atoms with Gasteiger partial charge in [0.15, 0.2) is 0 Å². The summed E-state index contributed by atoms with van der Waals surface area (Å²) < 4.78 is 19.2. The first kappa shape index (κ1) is 14.7. The predicted molar refractivity (Wildman–Crippen MR) is 75.2 cm³/mol. The van der Waals surface area contributed by atoms with Crippen molar-refractivity contribution < 1.29 is 9.13 Å². The summed E-state index contributed by atoms with van der Waals surface area (Å²) in [5.74, 6) is -0.0461. The number of rotatable bonds is 6. The first-order valence-electron chi connectivity index (χ1n) is 5.06. The molecule has 2 N–H and O–H groups in total. The van der Waals surface area contributed by atoms with Crippen LogP contribution in [0.2, 0.25) is 5.02 Å². The molecule has 0 bridgehead atoms. The zero-order valence-corrected chi connectivity index (χ0v) is 12.2. The summed E-state index contributed by atoms with van der Waals surface area (Å²) in [5, 5.41) is 0.0673. The molecule has 1 aromatic carbocycles. The Bertz CT molecular complexity index is 417. The summed E-state index contributed by atoms with van der Waals surface area (Å²) in [4.78, 5) is 0.503. The second kappa shape index (κ2) is 7.13. The molecular weight excluding hydrogens is 329 g/mol. The first-order valence-corrected chi connectivity index (χ1v) is 6.64. The molecule has 0 unspecified atom stereocenters. The normalized spacial score (nSPS) is 10.3. The minimum atomic E-state index is -0.493. The van der Waals surface area contributed by atoms with Gasteiger partial charge in [0.05, 0.1) is 21.1 Å². The summed E-state index contributed by atoms with van der Waals surface area (Å²) >= 11 is 13.6. The molecule has 0 fully saturated rings. The lowest BCUT2D eigenvalue weighted by atomic mass is 10.2. The molecule has 1 aromatic rings. The lowest BCUT2D eigenvalue weighted by Gasteiger charge is -2.08. The maximum Gasteiger partial charge on any atom is 0.145 e. The molecule has 2 nitrogen and oxygen atoms in total. The molecule has 0 saturated carbocycles. The molecular formula is C11H12BrClFNOS. The highest BCUT2D eigenvalue weighted by Gasteiger charge is 2.07. The summed E-state index contributed by atoms with van der Waals surface area (Å²) in [6, 6.07) is 2.74. The number of nitrogens with two attached hydrogens (primary N) is 1. The molecule has 0 saturated heterocycles. The summed E-state index contributed by atoms with van der Waals surface area (Å²) in [6.45, 7) is 0.488. The zero-order valence-electron chi connectivity index (χ0n) is 9.01. The van der Waals surface area contributed by atoms with Crippen LogP contribution in [0.25, 0.3) is 0 Å². The van der Waals surface area contributed by atoms with Gasteiger partial charge in [-0.3, -0.25) is 0 Å². The molecule has 0 atom stereocenters. The third-order valence-electron chi connectivity index (χ3n) is 2.05. The quantitative estimate of drug-likeness (QED) is 0.481. The molecule has 17 heavy (non-hydrogen) atoms. The van der Waals surface area contributed by atoms with E-state index in [0.717, 1.165) is 12.8 Å². The van der Waals surface area contributed by atoms with Crippen molar-refractivity contribution in [3.63, 3.8) is 0 Å². The summed E-state index contributed by atoms with van der Waals surface area (Å²) in [7, 11) is 0. The highest BCUT2D eigenvalue weighted by Crippen LogP contribution is 2.30. The summed E-state index contributed by atoms with van der Waals surface area (Å²) in [5.41, 5.74) is 5.37. The van der Waals surface area contributed by atoms with E-state index < -0.39 is 5.82 Å². The largest absolute Gasteiger partial charge is 0.492 e. The van der Waals surface area contributed by atoms with Crippen molar-refractivity contribution in [1.82, 2.24) is 0 Å². The average Bonchev–Trinajstić information content (AvgIpc) is 2.24. The molecule has 0 aromatic heterocycles. The van der Waals surface area contributed by atoms with E-state index in [0.29, 0.717) is 28.2 Å². The third kappa shape index (κ3) is 5.19. The number of hydrogen-bond donors (Lipinski definition) is 1. The molecule has 0 aliphatic heterocycles. The minimum absolute atomic E-state index is 0.0673. The van der Waals surface area contributed by atoms with E-state index in [1.165, 1.54) is 12.1 Å². The molecule has 1 rings (SSSR count). The van der Waals surface area contributed by atoms with Crippen LogP contribution in [0.3, 0.4) is 0 Å². The van der Waals surface area contributed by atoms with Crippen LogP contribution >= 0.6 is 39.7 Å². The van der Waals surface area contributed by atoms with Gasteiger partial charge in [-0.25, -0.2) is 4.39 Å². The summed E-state index contributed by atoms with van der Waals surface area (Å²) in [6.07, 6.45) is 2.38. The number of unbranched alkanes of at least 4 members (excludes halogenated alkanes) is 1. The minimum Gasteiger partial charge on any atom is -0.492 e.